The van der Waals surface area contributed by atoms with Crippen LogP contribution in [-0.2, 0) is 0 Å². The topological polar surface area (TPSA) is 84.9 Å². The van der Waals surface area contributed by atoms with Gasteiger partial charge in [0.25, 0.3) is 0 Å². The van der Waals surface area contributed by atoms with Crippen LogP contribution in [0.1, 0.15) is 0 Å². The van der Waals surface area contributed by atoms with E-state index >= 15 is 0 Å². The highest BCUT2D eigenvalue weighted by molar-refractivity contribution is 7.80. The zero-order chi connectivity index (χ0) is 23.1. The fourth-order valence-electron chi connectivity index (χ4n) is 4.05. The van der Waals surface area contributed by atoms with Crippen LogP contribution in [-0.4, -0.2) is 32.2 Å². The highest BCUT2D eigenvalue weighted by Gasteiger charge is 2.14. The summed E-state index contributed by atoms with van der Waals surface area (Å²) in [4.78, 5) is 19.1. The number of thiocarbonyl (C=S) groups is 1. The zero-order valence-corrected chi connectivity index (χ0v) is 18.9. The Morgan fingerprint density at radius 1 is 0.706 bits per heavy atom. The molecule has 2 N–H and O–H groups in total. The second kappa shape index (κ2) is 8.17. The molecule has 164 valence electrons. The highest BCUT2D eigenvalue weighted by Crippen LogP contribution is 2.32. The molecule has 6 aromatic rings. The minimum atomic E-state index is 0.473. The molecule has 0 amide bonds. The van der Waals surface area contributed by atoms with Gasteiger partial charge in [0.05, 0.1) is 29.2 Å². The lowest BCUT2D eigenvalue weighted by atomic mass is 10.1. The lowest BCUT2D eigenvalue weighted by Crippen LogP contribution is -2.19. The number of anilines is 2. The highest BCUT2D eigenvalue weighted by atomic mass is 32.1. The van der Waals surface area contributed by atoms with Crippen molar-refractivity contribution in [2.75, 3.05) is 17.7 Å². The Bertz CT molecular complexity index is 1720. The molecule has 6 rings (SSSR count). The molecule has 34 heavy (non-hydrogen) atoms. The summed E-state index contributed by atoms with van der Waals surface area (Å²) in [6, 6.07) is 21.3. The first-order chi connectivity index (χ1) is 16.7. The average Bonchev–Trinajstić information content (AvgIpc) is 2.88. The van der Waals surface area contributed by atoms with Gasteiger partial charge < -0.3 is 15.4 Å². The van der Waals surface area contributed by atoms with Crippen molar-refractivity contribution in [1.29, 1.82) is 0 Å². The lowest BCUT2D eigenvalue weighted by molar-refractivity contribution is 0.415. The second-order valence-corrected chi connectivity index (χ2v) is 8.14. The van der Waals surface area contributed by atoms with Gasteiger partial charge in [0.1, 0.15) is 16.8 Å². The van der Waals surface area contributed by atoms with Crippen LogP contribution in [0, 0.1) is 0 Å². The number of hydrogen-bond donors (Lipinski definition) is 2. The molecule has 8 heteroatoms. The summed E-state index contributed by atoms with van der Waals surface area (Å²) in [5.74, 6) is 0.787. The third kappa shape index (κ3) is 3.50. The molecule has 0 aliphatic rings. The summed E-state index contributed by atoms with van der Waals surface area (Å²) in [5.41, 5.74) is 6.28. The number of benzene rings is 3. The maximum Gasteiger partial charge on any atom is 0.175 e. The van der Waals surface area contributed by atoms with Gasteiger partial charge in [-0.05, 0) is 66.8 Å². The molecule has 0 atom stereocenters. The summed E-state index contributed by atoms with van der Waals surface area (Å²) < 4.78 is 5.19. The number of nitrogens with one attached hydrogen (secondary N) is 2. The van der Waals surface area contributed by atoms with Gasteiger partial charge in [0.15, 0.2) is 5.11 Å². The van der Waals surface area contributed by atoms with Gasteiger partial charge in [0.2, 0.25) is 0 Å². The van der Waals surface area contributed by atoms with Crippen LogP contribution in [0.15, 0.2) is 79.1 Å². The Kier molecular flexibility index (Phi) is 4.85. The number of aromatic nitrogens is 4. The molecule has 0 saturated heterocycles. The number of ether oxygens (including phenoxy) is 1. The van der Waals surface area contributed by atoms with E-state index in [2.05, 4.69) is 20.6 Å². The van der Waals surface area contributed by atoms with Crippen LogP contribution < -0.4 is 15.4 Å². The molecule has 0 radical (unpaired) electrons. The molecule has 3 aromatic carbocycles. The van der Waals surface area contributed by atoms with E-state index < -0.39 is 0 Å². The van der Waals surface area contributed by atoms with Crippen molar-refractivity contribution in [3.8, 4) is 5.75 Å². The van der Waals surface area contributed by atoms with E-state index in [1.807, 2.05) is 66.7 Å². The van der Waals surface area contributed by atoms with Gasteiger partial charge in [-0.15, -0.1) is 0 Å². The van der Waals surface area contributed by atoms with Crippen LogP contribution in [0.2, 0.25) is 0 Å². The van der Waals surface area contributed by atoms with Gasteiger partial charge in [-0.3, -0.25) is 9.97 Å². The van der Waals surface area contributed by atoms with Crippen molar-refractivity contribution in [3.05, 3.63) is 79.1 Å². The number of pyridine rings is 2. The van der Waals surface area contributed by atoms with E-state index in [1.165, 1.54) is 0 Å². The molecular weight excluding hydrogens is 444 g/mol. The number of nitrogens with zero attached hydrogens (tertiary/aromatic N) is 4. The first-order valence-electron chi connectivity index (χ1n) is 10.6. The van der Waals surface area contributed by atoms with Gasteiger partial charge in [-0.1, -0.05) is 12.1 Å². The van der Waals surface area contributed by atoms with Crippen LogP contribution >= 0.6 is 12.2 Å². The molecule has 0 aliphatic heterocycles. The Hall–Kier alpha value is -4.43. The fourth-order valence-corrected chi connectivity index (χ4v) is 4.29. The van der Waals surface area contributed by atoms with E-state index in [9.17, 15) is 0 Å². The Morgan fingerprint density at radius 3 is 1.94 bits per heavy atom. The Balaban J connectivity index is 1.40. The molecule has 0 aliphatic carbocycles. The standard InChI is InChI=1S/C26H18N6OS/c1-33-17-9-6-15(7-10-17)29-26(34)30-16-8-11-20-21(14-16)32-25-23-19(5-3-13-28-23)18-4-2-12-27-22(18)24(25)31-20/h2-14H,1H3,(H2,29,30,34). The molecule has 0 unspecified atom stereocenters. The van der Waals surface area contributed by atoms with Gasteiger partial charge >= 0.3 is 0 Å². The summed E-state index contributed by atoms with van der Waals surface area (Å²) >= 11 is 5.49. The summed E-state index contributed by atoms with van der Waals surface area (Å²) in [6.07, 6.45) is 3.55. The predicted molar refractivity (Wildman–Crippen MR) is 140 cm³/mol. The first-order valence-corrected chi connectivity index (χ1v) is 11.1. The predicted octanol–water partition coefficient (Wildman–Crippen LogP) is 5.70. The smallest absolute Gasteiger partial charge is 0.175 e. The summed E-state index contributed by atoms with van der Waals surface area (Å²) in [6.45, 7) is 0. The van der Waals surface area contributed by atoms with Crippen LogP contribution in [0.5, 0.6) is 5.75 Å². The Labute approximate surface area is 199 Å². The average molecular weight is 463 g/mol. The third-order valence-electron chi connectivity index (χ3n) is 5.62. The molecule has 7 nitrogen and oxygen atoms in total. The quantitative estimate of drug-likeness (QED) is 0.197. The minimum absolute atomic E-state index is 0.473. The monoisotopic (exact) mass is 462 g/mol. The lowest BCUT2D eigenvalue weighted by Gasteiger charge is -2.12. The molecular formula is C26H18N6OS. The van der Waals surface area contributed by atoms with Gasteiger partial charge in [-0.2, -0.15) is 0 Å². The summed E-state index contributed by atoms with van der Waals surface area (Å²) in [5, 5.41) is 8.89. The van der Waals surface area contributed by atoms with Crippen molar-refractivity contribution in [2.24, 2.45) is 0 Å². The molecule has 0 saturated carbocycles. The minimum Gasteiger partial charge on any atom is -0.497 e. The van der Waals surface area contributed by atoms with Crippen molar-refractivity contribution in [2.45, 2.75) is 0 Å². The van der Waals surface area contributed by atoms with Crippen molar-refractivity contribution < 1.29 is 4.74 Å². The molecule has 0 fully saturated rings. The second-order valence-electron chi connectivity index (χ2n) is 7.73. The SMILES string of the molecule is COc1ccc(NC(=S)Nc2ccc3nc4c5ncccc5c5cccnc5c4nc3c2)cc1. The van der Waals surface area contributed by atoms with Crippen molar-refractivity contribution >= 4 is 72.6 Å². The van der Waals surface area contributed by atoms with E-state index in [-0.39, 0.29) is 0 Å². The maximum atomic E-state index is 5.49. The van der Waals surface area contributed by atoms with E-state index in [0.717, 1.165) is 61.0 Å². The number of rotatable bonds is 3. The third-order valence-corrected chi connectivity index (χ3v) is 5.83. The maximum absolute atomic E-state index is 5.49. The Morgan fingerprint density at radius 2 is 1.29 bits per heavy atom. The van der Waals surface area contributed by atoms with E-state index in [4.69, 9.17) is 26.9 Å². The number of fused-ring (bicyclic) bond motifs is 7. The molecule has 0 bridgehead atoms. The van der Waals surface area contributed by atoms with E-state index in [1.54, 1.807) is 19.5 Å². The normalized spacial score (nSPS) is 11.2. The summed E-state index contributed by atoms with van der Waals surface area (Å²) in [7, 11) is 1.64. The molecule has 0 spiro atoms. The zero-order valence-electron chi connectivity index (χ0n) is 18.1. The van der Waals surface area contributed by atoms with Gasteiger partial charge in [0, 0.05) is 34.5 Å². The van der Waals surface area contributed by atoms with Crippen LogP contribution in [0.3, 0.4) is 0 Å². The largest absolute Gasteiger partial charge is 0.497 e. The molecule has 3 heterocycles. The number of hydrogen-bond acceptors (Lipinski definition) is 6. The first kappa shape index (κ1) is 20.2. The van der Waals surface area contributed by atoms with E-state index in [0.29, 0.717) is 5.11 Å². The fraction of sp³-hybridized carbons (Fsp3) is 0.0385. The van der Waals surface area contributed by atoms with Crippen molar-refractivity contribution in [1.82, 2.24) is 19.9 Å². The van der Waals surface area contributed by atoms with Crippen LogP contribution in [0.25, 0.3) is 43.9 Å². The van der Waals surface area contributed by atoms with Gasteiger partial charge in [-0.25, -0.2) is 9.97 Å². The van der Waals surface area contributed by atoms with Crippen molar-refractivity contribution in [3.63, 3.8) is 0 Å². The number of methoxy groups -OCH3 is 1. The molecule has 3 aromatic heterocycles. The van der Waals surface area contributed by atoms with Crippen LogP contribution in [0.4, 0.5) is 11.4 Å².